The summed E-state index contributed by atoms with van der Waals surface area (Å²) in [6.07, 6.45) is 1.96. The molecule has 0 aliphatic rings. The molecule has 98 valence electrons. The lowest BCUT2D eigenvalue weighted by Gasteiger charge is -2.08. The number of rotatable bonds is 5. The Bertz CT molecular complexity index is 516. The summed E-state index contributed by atoms with van der Waals surface area (Å²) in [7, 11) is 0. The Morgan fingerprint density at radius 1 is 1.50 bits per heavy atom. The molecule has 2 rings (SSSR count). The van der Waals surface area contributed by atoms with E-state index in [9.17, 15) is 0 Å². The van der Waals surface area contributed by atoms with Crippen molar-refractivity contribution < 1.29 is 0 Å². The van der Waals surface area contributed by atoms with Crippen LogP contribution in [-0.4, -0.2) is 15.8 Å². The number of hydrogen-bond donors (Lipinski definition) is 1. The molecule has 0 radical (unpaired) electrons. The van der Waals surface area contributed by atoms with E-state index in [0.717, 1.165) is 13.1 Å². The zero-order valence-corrected chi connectivity index (χ0v) is 13.3. The minimum atomic E-state index is 0.499. The molecule has 0 saturated heterocycles. The van der Waals surface area contributed by atoms with Crippen molar-refractivity contribution in [2.24, 2.45) is 0 Å². The highest BCUT2D eigenvalue weighted by molar-refractivity contribution is 9.10. The van der Waals surface area contributed by atoms with Gasteiger partial charge in [-0.3, -0.25) is 4.68 Å². The van der Waals surface area contributed by atoms with Crippen LogP contribution in [0.15, 0.2) is 22.1 Å². The molecule has 0 bridgehead atoms. The summed E-state index contributed by atoms with van der Waals surface area (Å²) in [6, 6.07) is 2.58. The van der Waals surface area contributed by atoms with Crippen LogP contribution in [0, 0.1) is 6.92 Å². The van der Waals surface area contributed by atoms with Crippen LogP contribution in [0.3, 0.4) is 0 Å². The van der Waals surface area contributed by atoms with Crippen molar-refractivity contribution in [3.8, 4) is 0 Å². The average Bonchev–Trinajstić information content (AvgIpc) is 2.86. The van der Waals surface area contributed by atoms with Crippen LogP contribution in [0.25, 0.3) is 0 Å². The van der Waals surface area contributed by atoms with Crippen molar-refractivity contribution in [2.75, 3.05) is 0 Å². The monoisotopic (exact) mass is 327 g/mol. The first kappa shape index (κ1) is 13.8. The average molecular weight is 328 g/mol. The second-order valence-corrected chi connectivity index (χ2v) is 6.50. The third-order valence-electron chi connectivity index (χ3n) is 2.89. The number of nitrogens with zero attached hydrogens (tertiary/aromatic N) is 2. The first-order valence-electron chi connectivity index (χ1n) is 6.04. The Morgan fingerprint density at radius 3 is 2.89 bits per heavy atom. The van der Waals surface area contributed by atoms with E-state index < -0.39 is 0 Å². The summed E-state index contributed by atoms with van der Waals surface area (Å²) in [5, 5.41) is 10.00. The Kier molecular flexibility index (Phi) is 4.59. The molecule has 0 aliphatic carbocycles. The van der Waals surface area contributed by atoms with Gasteiger partial charge in [0.15, 0.2) is 0 Å². The molecule has 18 heavy (non-hydrogen) atoms. The molecule has 3 nitrogen and oxygen atoms in total. The maximum absolute atomic E-state index is 4.47. The van der Waals surface area contributed by atoms with Crippen molar-refractivity contribution in [3.05, 3.63) is 38.3 Å². The van der Waals surface area contributed by atoms with E-state index in [-0.39, 0.29) is 0 Å². The number of halogens is 1. The number of hydrogen-bond acceptors (Lipinski definition) is 3. The van der Waals surface area contributed by atoms with Gasteiger partial charge in [0.05, 0.1) is 12.7 Å². The molecule has 2 heterocycles. The molecule has 0 amide bonds. The lowest BCUT2D eigenvalue weighted by molar-refractivity contribution is 0.585. The largest absolute Gasteiger partial charge is 0.310 e. The van der Waals surface area contributed by atoms with E-state index in [1.807, 2.05) is 6.20 Å². The quantitative estimate of drug-likeness (QED) is 0.909. The van der Waals surface area contributed by atoms with Gasteiger partial charge in [-0.2, -0.15) is 5.10 Å². The molecule has 2 aromatic rings. The van der Waals surface area contributed by atoms with Crippen LogP contribution in [0.5, 0.6) is 0 Å². The standard InChI is InChI=1S/C13H18BrN3S/c1-9(2)15-6-11-7-16-17(10(11)3)8-13-12(14)4-5-18-13/h4-5,7,9,15H,6,8H2,1-3H3. The Balaban J connectivity index is 2.09. The normalized spacial score (nSPS) is 11.4. The highest BCUT2D eigenvalue weighted by Crippen LogP contribution is 2.24. The fourth-order valence-electron chi connectivity index (χ4n) is 1.71. The van der Waals surface area contributed by atoms with Crippen LogP contribution in [0.1, 0.15) is 30.0 Å². The van der Waals surface area contributed by atoms with E-state index >= 15 is 0 Å². The molecule has 0 atom stereocenters. The van der Waals surface area contributed by atoms with Crippen LogP contribution >= 0.6 is 27.3 Å². The van der Waals surface area contributed by atoms with Gasteiger partial charge in [0.25, 0.3) is 0 Å². The highest BCUT2D eigenvalue weighted by atomic mass is 79.9. The van der Waals surface area contributed by atoms with Gasteiger partial charge in [0, 0.05) is 33.2 Å². The number of aromatic nitrogens is 2. The summed E-state index contributed by atoms with van der Waals surface area (Å²) in [5.41, 5.74) is 2.51. The maximum atomic E-state index is 4.47. The zero-order valence-electron chi connectivity index (χ0n) is 10.9. The fourth-order valence-corrected chi connectivity index (χ4v) is 3.16. The summed E-state index contributed by atoms with van der Waals surface area (Å²) in [4.78, 5) is 1.31. The van der Waals surface area contributed by atoms with Gasteiger partial charge in [-0.05, 0) is 34.3 Å². The SMILES string of the molecule is Cc1c(CNC(C)C)cnn1Cc1sccc1Br. The Morgan fingerprint density at radius 2 is 2.28 bits per heavy atom. The molecular weight excluding hydrogens is 310 g/mol. The number of nitrogens with one attached hydrogen (secondary N) is 1. The van der Waals surface area contributed by atoms with Gasteiger partial charge in [-0.15, -0.1) is 11.3 Å². The van der Waals surface area contributed by atoms with Crippen LogP contribution in [-0.2, 0) is 13.1 Å². The van der Waals surface area contributed by atoms with E-state index in [1.165, 1.54) is 20.6 Å². The summed E-state index contributed by atoms with van der Waals surface area (Å²) in [5.74, 6) is 0. The van der Waals surface area contributed by atoms with Crippen molar-refractivity contribution >= 4 is 27.3 Å². The molecule has 1 N–H and O–H groups in total. The highest BCUT2D eigenvalue weighted by Gasteiger charge is 2.09. The lowest BCUT2D eigenvalue weighted by Crippen LogP contribution is -2.22. The van der Waals surface area contributed by atoms with E-state index in [2.05, 4.69) is 63.2 Å². The smallest absolute Gasteiger partial charge is 0.0766 e. The molecule has 0 unspecified atom stereocenters. The predicted octanol–water partition coefficient (Wildman–Crippen LogP) is 3.56. The molecule has 0 fully saturated rings. The third-order valence-corrected chi connectivity index (χ3v) is 4.80. The molecule has 0 aliphatic heterocycles. The summed E-state index contributed by atoms with van der Waals surface area (Å²) in [6.45, 7) is 8.16. The first-order chi connectivity index (χ1) is 8.58. The summed E-state index contributed by atoms with van der Waals surface area (Å²) >= 11 is 5.32. The van der Waals surface area contributed by atoms with Gasteiger partial charge in [-0.1, -0.05) is 13.8 Å². The Labute approximate surface area is 120 Å². The summed E-state index contributed by atoms with van der Waals surface area (Å²) < 4.78 is 3.23. The first-order valence-corrected chi connectivity index (χ1v) is 7.71. The van der Waals surface area contributed by atoms with Crippen molar-refractivity contribution in [2.45, 2.75) is 39.9 Å². The van der Waals surface area contributed by atoms with E-state index in [4.69, 9.17) is 0 Å². The maximum Gasteiger partial charge on any atom is 0.0766 e. The van der Waals surface area contributed by atoms with Crippen molar-refractivity contribution in [3.63, 3.8) is 0 Å². The van der Waals surface area contributed by atoms with E-state index in [0.29, 0.717) is 6.04 Å². The van der Waals surface area contributed by atoms with Crippen LogP contribution < -0.4 is 5.32 Å². The molecule has 2 aromatic heterocycles. The zero-order chi connectivity index (χ0) is 13.1. The van der Waals surface area contributed by atoms with Crippen molar-refractivity contribution in [1.29, 1.82) is 0 Å². The second-order valence-electron chi connectivity index (χ2n) is 4.64. The molecule has 5 heteroatoms. The lowest BCUT2D eigenvalue weighted by atomic mass is 10.2. The minimum absolute atomic E-state index is 0.499. The van der Waals surface area contributed by atoms with Gasteiger partial charge in [0.2, 0.25) is 0 Å². The van der Waals surface area contributed by atoms with Crippen molar-refractivity contribution in [1.82, 2.24) is 15.1 Å². The van der Waals surface area contributed by atoms with Crippen LogP contribution in [0.4, 0.5) is 0 Å². The predicted molar refractivity (Wildman–Crippen MR) is 80.1 cm³/mol. The van der Waals surface area contributed by atoms with Gasteiger partial charge in [0.1, 0.15) is 0 Å². The van der Waals surface area contributed by atoms with Gasteiger partial charge >= 0.3 is 0 Å². The second kappa shape index (κ2) is 5.99. The molecule has 0 saturated carbocycles. The van der Waals surface area contributed by atoms with Gasteiger partial charge in [-0.25, -0.2) is 0 Å². The number of thiophene rings is 1. The fraction of sp³-hybridized carbons (Fsp3) is 0.462. The molecule has 0 spiro atoms. The topological polar surface area (TPSA) is 29.9 Å². The Hall–Kier alpha value is -0.650. The van der Waals surface area contributed by atoms with Gasteiger partial charge < -0.3 is 5.32 Å². The minimum Gasteiger partial charge on any atom is -0.310 e. The third kappa shape index (κ3) is 3.22. The molecular formula is C13H18BrN3S. The molecule has 0 aromatic carbocycles. The van der Waals surface area contributed by atoms with Crippen LogP contribution in [0.2, 0.25) is 0 Å². The van der Waals surface area contributed by atoms with E-state index in [1.54, 1.807) is 11.3 Å².